The van der Waals surface area contributed by atoms with Gasteiger partial charge in [0.1, 0.15) is 5.82 Å². The summed E-state index contributed by atoms with van der Waals surface area (Å²) < 4.78 is 0. The molecular weight excluding hydrogens is 252 g/mol. The van der Waals surface area contributed by atoms with Gasteiger partial charge < -0.3 is 15.1 Å². The predicted molar refractivity (Wildman–Crippen MR) is 78.8 cm³/mol. The lowest BCUT2D eigenvalue weighted by molar-refractivity contribution is 0.126. The van der Waals surface area contributed by atoms with Crippen LogP contribution >= 0.6 is 0 Å². The van der Waals surface area contributed by atoms with Crippen LogP contribution in [-0.4, -0.2) is 33.4 Å². The van der Waals surface area contributed by atoms with E-state index in [4.69, 9.17) is 4.98 Å². The van der Waals surface area contributed by atoms with E-state index in [0.29, 0.717) is 18.0 Å². The van der Waals surface area contributed by atoms with E-state index in [9.17, 15) is 10.2 Å². The van der Waals surface area contributed by atoms with Gasteiger partial charge in [0.05, 0.1) is 12.7 Å². The molecule has 3 heterocycles. The summed E-state index contributed by atoms with van der Waals surface area (Å²) in [5, 5.41) is 19.4. The first-order valence-electron chi connectivity index (χ1n) is 7.66. The van der Waals surface area contributed by atoms with Crippen molar-refractivity contribution in [1.29, 1.82) is 0 Å². The summed E-state index contributed by atoms with van der Waals surface area (Å²) in [5.41, 5.74) is 1.97. The molecule has 4 nitrogen and oxygen atoms in total. The largest absolute Gasteiger partial charge is 0.393 e. The van der Waals surface area contributed by atoms with Crippen molar-refractivity contribution in [3.63, 3.8) is 0 Å². The normalized spacial score (nSPS) is 29.2. The molecule has 0 spiro atoms. The Balaban J connectivity index is 1.95. The molecular formula is C16H24N2O2. The van der Waals surface area contributed by atoms with Crippen molar-refractivity contribution in [2.45, 2.75) is 70.2 Å². The van der Waals surface area contributed by atoms with Gasteiger partial charge in [0.2, 0.25) is 0 Å². The van der Waals surface area contributed by atoms with Crippen LogP contribution in [0.4, 0.5) is 5.82 Å². The number of anilines is 1. The van der Waals surface area contributed by atoms with Gasteiger partial charge in [-0.1, -0.05) is 13.8 Å². The van der Waals surface area contributed by atoms with Crippen LogP contribution in [0.25, 0.3) is 0 Å². The van der Waals surface area contributed by atoms with Crippen LogP contribution in [0, 0.1) is 0 Å². The van der Waals surface area contributed by atoms with Gasteiger partial charge in [-0.15, -0.1) is 0 Å². The van der Waals surface area contributed by atoms with Gasteiger partial charge in [0.15, 0.2) is 0 Å². The van der Waals surface area contributed by atoms with Gasteiger partial charge in [-0.3, -0.25) is 0 Å². The fourth-order valence-electron chi connectivity index (χ4n) is 3.64. The Morgan fingerprint density at radius 3 is 2.45 bits per heavy atom. The predicted octanol–water partition coefficient (Wildman–Crippen LogP) is 2.19. The maximum Gasteiger partial charge on any atom is 0.129 e. The van der Waals surface area contributed by atoms with Gasteiger partial charge in [-0.05, 0) is 49.3 Å². The second-order valence-electron chi connectivity index (χ2n) is 6.49. The number of pyridine rings is 1. The minimum atomic E-state index is -0.158. The van der Waals surface area contributed by atoms with Crippen molar-refractivity contribution in [1.82, 2.24) is 4.98 Å². The molecule has 0 aliphatic carbocycles. The number of rotatable bonds is 3. The van der Waals surface area contributed by atoms with Crippen molar-refractivity contribution in [2.24, 2.45) is 0 Å². The van der Waals surface area contributed by atoms with Crippen molar-refractivity contribution in [3.8, 4) is 0 Å². The highest BCUT2D eigenvalue weighted by Crippen LogP contribution is 2.39. The molecule has 2 aliphatic rings. The minimum Gasteiger partial charge on any atom is -0.393 e. The van der Waals surface area contributed by atoms with Gasteiger partial charge in [0.25, 0.3) is 0 Å². The first-order valence-corrected chi connectivity index (χ1v) is 7.66. The summed E-state index contributed by atoms with van der Waals surface area (Å²) in [6.45, 7) is 4.31. The van der Waals surface area contributed by atoms with Gasteiger partial charge in [0, 0.05) is 17.8 Å². The molecule has 0 radical (unpaired) electrons. The van der Waals surface area contributed by atoms with E-state index in [1.54, 1.807) is 0 Å². The zero-order chi connectivity index (χ0) is 14.3. The molecule has 2 saturated heterocycles. The summed E-state index contributed by atoms with van der Waals surface area (Å²) in [5.74, 6) is 1.34. The van der Waals surface area contributed by atoms with Gasteiger partial charge in [-0.2, -0.15) is 0 Å². The first-order chi connectivity index (χ1) is 9.58. The third-order valence-corrected chi connectivity index (χ3v) is 4.64. The van der Waals surface area contributed by atoms with Crippen LogP contribution in [0.15, 0.2) is 12.1 Å². The third kappa shape index (κ3) is 2.42. The van der Waals surface area contributed by atoms with Crippen LogP contribution in [0.2, 0.25) is 0 Å². The lowest BCUT2D eigenvalue weighted by Crippen LogP contribution is -2.45. The maximum absolute atomic E-state index is 9.91. The molecule has 0 aromatic carbocycles. The lowest BCUT2D eigenvalue weighted by atomic mass is 9.99. The second-order valence-corrected chi connectivity index (χ2v) is 6.49. The van der Waals surface area contributed by atoms with Crippen LogP contribution in [0.1, 0.15) is 56.7 Å². The Morgan fingerprint density at radius 1 is 1.25 bits per heavy atom. The number of piperidine rings is 1. The van der Waals surface area contributed by atoms with Crippen LogP contribution in [0.3, 0.4) is 0 Å². The van der Waals surface area contributed by atoms with E-state index in [0.717, 1.165) is 42.8 Å². The molecule has 2 atom stereocenters. The fourth-order valence-corrected chi connectivity index (χ4v) is 3.64. The average molecular weight is 276 g/mol. The lowest BCUT2D eigenvalue weighted by Gasteiger charge is -2.38. The second kappa shape index (κ2) is 5.34. The molecule has 2 N–H and O–H groups in total. The summed E-state index contributed by atoms with van der Waals surface area (Å²) in [6.07, 6.45) is 3.82. The molecule has 4 heteroatoms. The Morgan fingerprint density at radius 2 is 1.90 bits per heavy atom. The highest BCUT2D eigenvalue weighted by atomic mass is 16.3. The van der Waals surface area contributed by atoms with E-state index in [1.165, 1.54) is 0 Å². The Labute approximate surface area is 120 Å². The Kier molecular flexibility index (Phi) is 3.69. The zero-order valence-electron chi connectivity index (χ0n) is 12.3. The molecule has 2 fully saturated rings. The van der Waals surface area contributed by atoms with E-state index in [2.05, 4.69) is 18.7 Å². The van der Waals surface area contributed by atoms with Crippen molar-refractivity contribution >= 4 is 5.82 Å². The molecule has 0 saturated carbocycles. The molecule has 110 valence electrons. The number of aliphatic hydroxyl groups excluding tert-OH is 2. The number of fused-ring (bicyclic) bond motifs is 2. The first kappa shape index (κ1) is 13.8. The summed E-state index contributed by atoms with van der Waals surface area (Å²) >= 11 is 0. The van der Waals surface area contributed by atoms with Crippen molar-refractivity contribution in [3.05, 3.63) is 23.4 Å². The standard InChI is InChI=1S/C16H24N2O2/c1-10(2)15-5-11(9-19)6-16(17-15)18-12-3-4-13(18)8-14(20)7-12/h5-6,10,12-14,19-20H,3-4,7-9H2,1-2H3. The van der Waals surface area contributed by atoms with E-state index >= 15 is 0 Å². The SMILES string of the molecule is CC(C)c1cc(CO)cc(N2C3CCC2CC(O)C3)n1. The molecule has 20 heavy (non-hydrogen) atoms. The summed E-state index contributed by atoms with van der Waals surface area (Å²) in [4.78, 5) is 7.19. The zero-order valence-corrected chi connectivity index (χ0v) is 12.3. The fraction of sp³-hybridized carbons (Fsp3) is 0.688. The number of aromatic nitrogens is 1. The molecule has 2 bridgehead atoms. The molecule has 1 aromatic heterocycles. The van der Waals surface area contributed by atoms with Crippen molar-refractivity contribution < 1.29 is 10.2 Å². The van der Waals surface area contributed by atoms with E-state index < -0.39 is 0 Å². The maximum atomic E-state index is 9.91. The van der Waals surface area contributed by atoms with Crippen LogP contribution in [0.5, 0.6) is 0 Å². The molecule has 1 aromatic rings. The van der Waals surface area contributed by atoms with Gasteiger partial charge >= 0.3 is 0 Å². The highest BCUT2D eigenvalue weighted by molar-refractivity contribution is 5.47. The van der Waals surface area contributed by atoms with E-state index in [-0.39, 0.29) is 12.7 Å². The molecule has 0 amide bonds. The summed E-state index contributed by atoms with van der Waals surface area (Å²) in [6, 6.07) is 4.82. The van der Waals surface area contributed by atoms with Gasteiger partial charge in [-0.25, -0.2) is 4.98 Å². The quantitative estimate of drug-likeness (QED) is 0.888. The molecule has 2 aliphatic heterocycles. The molecule has 3 rings (SSSR count). The Bertz CT molecular complexity index is 475. The number of nitrogens with zero attached hydrogens (tertiary/aromatic N) is 2. The average Bonchev–Trinajstić information content (AvgIpc) is 2.70. The van der Waals surface area contributed by atoms with Crippen LogP contribution < -0.4 is 4.90 Å². The topological polar surface area (TPSA) is 56.6 Å². The third-order valence-electron chi connectivity index (χ3n) is 4.64. The van der Waals surface area contributed by atoms with Crippen molar-refractivity contribution in [2.75, 3.05) is 4.90 Å². The minimum absolute atomic E-state index is 0.0566. The summed E-state index contributed by atoms with van der Waals surface area (Å²) in [7, 11) is 0. The smallest absolute Gasteiger partial charge is 0.129 e. The number of aliphatic hydroxyl groups is 2. The monoisotopic (exact) mass is 276 g/mol. The van der Waals surface area contributed by atoms with Crippen LogP contribution in [-0.2, 0) is 6.61 Å². The molecule has 2 unspecified atom stereocenters. The number of hydrogen-bond acceptors (Lipinski definition) is 4. The Hall–Kier alpha value is -1.13. The van der Waals surface area contributed by atoms with E-state index in [1.807, 2.05) is 12.1 Å². The highest BCUT2D eigenvalue weighted by Gasteiger charge is 2.40. The number of hydrogen-bond donors (Lipinski definition) is 2.